The van der Waals surface area contributed by atoms with Gasteiger partial charge in [0.2, 0.25) is 0 Å². The van der Waals surface area contributed by atoms with Gasteiger partial charge in [-0.3, -0.25) is 9.59 Å². The Morgan fingerprint density at radius 3 is 1.81 bits per heavy atom. The van der Waals surface area contributed by atoms with Crippen LogP contribution in [0.25, 0.3) is 5.76 Å². The highest BCUT2D eigenvalue weighted by Gasteiger charge is 2.46. The molecular formula is C24H16Cl3NO3. The van der Waals surface area contributed by atoms with E-state index in [1.165, 1.54) is 4.90 Å². The molecule has 0 saturated carbocycles. The summed E-state index contributed by atoms with van der Waals surface area (Å²) >= 11 is 17.9. The van der Waals surface area contributed by atoms with Gasteiger partial charge < -0.3 is 10.0 Å². The number of aliphatic hydroxyl groups excluding tert-OH is 1. The molecule has 0 radical (unpaired) electrons. The molecule has 4 rings (SSSR count). The summed E-state index contributed by atoms with van der Waals surface area (Å²) < 4.78 is 0. The zero-order valence-electron chi connectivity index (χ0n) is 16.1. The molecule has 1 amide bonds. The molecule has 3 aromatic rings. The fourth-order valence-corrected chi connectivity index (χ4v) is 3.96. The Hall–Kier alpha value is -2.79. The monoisotopic (exact) mass is 471 g/mol. The zero-order chi connectivity index (χ0) is 22.1. The molecule has 31 heavy (non-hydrogen) atoms. The first-order chi connectivity index (χ1) is 14.8. The molecule has 7 heteroatoms. The predicted octanol–water partition coefficient (Wildman–Crippen LogP) is 6.27. The maximum atomic E-state index is 13.0. The van der Waals surface area contributed by atoms with Crippen molar-refractivity contribution in [3.05, 3.63) is 110 Å². The highest BCUT2D eigenvalue weighted by molar-refractivity contribution is 6.46. The van der Waals surface area contributed by atoms with Crippen LogP contribution in [0.15, 0.2) is 78.4 Å². The number of benzene rings is 3. The summed E-state index contributed by atoms with van der Waals surface area (Å²) in [6, 6.07) is 19.5. The van der Waals surface area contributed by atoms with Gasteiger partial charge in [-0.05, 0) is 59.7 Å². The second-order valence-electron chi connectivity index (χ2n) is 7.11. The third-order valence-corrected chi connectivity index (χ3v) is 5.87. The first kappa shape index (κ1) is 21.4. The highest BCUT2D eigenvalue weighted by atomic mass is 35.5. The predicted molar refractivity (Wildman–Crippen MR) is 122 cm³/mol. The molecule has 0 unspecified atom stereocenters. The Morgan fingerprint density at radius 1 is 0.774 bits per heavy atom. The van der Waals surface area contributed by atoms with Gasteiger partial charge in [0.15, 0.2) is 0 Å². The smallest absolute Gasteiger partial charge is 0.295 e. The van der Waals surface area contributed by atoms with E-state index in [2.05, 4.69) is 0 Å². The van der Waals surface area contributed by atoms with Crippen molar-refractivity contribution in [2.24, 2.45) is 0 Å². The summed E-state index contributed by atoms with van der Waals surface area (Å²) in [5.74, 6) is -1.69. The van der Waals surface area contributed by atoms with Gasteiger partial charge in [-0.25, -0.2) is 0 Å². The average molecular weight is 473 g/mol. The number of Topliss-reactive ketones (excluding diaryl/α,β-unsaturated/α-hetero) is 1. The summed E-state index contributed by atoms with van der Waals surface area (Å²) in [7, 11) is 0. The van der Waals surface area contributed by atoms with Crippen LogP contribution in [0.1, 0.15) is 22.7 Å². The Balaban J connectivity index is 1.84. The van der Waals surface area contributed by atoms with Gasteiger partial charge in [0.05, 0.1) is 11.6 Å². The van der Waals surface area contributed by atoms with Gasteiger partial charge in [0.25, 0.3) is 11.7 Å². The third kappa shape index (κ3) is 4.33. The van der Waals surface area contributed by atoms with Crippen LogP contribution in [-0.2, 0) is 16.1 Å². The number of aliphatic hydroxyl groups is 1. The number of rotatable bonds is 4. The number of ketones is 1. The average Bonchev–Trinajstić information content (AvgIpc) is 3.01. The number of amides is 1. The normalized spacial score (nSPS) is 17.9. The number of hydrogen-bond acceptors (Lipinski definition) is 3. The third-order valence-electron chi connectivity index (χ3n) is 5.11. The fraction of sp³-hybridized carbons (Fsp3) is 0.0833. The molecule has 0 spiro atoms. The van der Waals surface area contributed by atoms with Crippen LogP contribution in [-0.4, -0.2) is 21.7 Å². The molecule has 1 aliphatic heterocycles. The minimum absolute atomic E-state index is 0.0172. The van der Waals surface area contributed by atoms with E-state index in [1.807, 2.05) is 0 Å². The van der Waals surface area contributed by atoms with Crippen LogP contribution in [0.3, 0.4) is 0 Å². The highest BCUT2D eigenvalue weighted by Crippen LogP contribution is 2.40. The van der Waals surface area contributed by atoms with Crippen molar-refractivity contribution in [3.8, 4) is 0 Å². The van der Waals surface area contributed by atoms with Crippen LogP contribution in [0.4, 0.5) is 0 Å². The molecule has 3 aromatic carbocycles. The molecule has 4 nitrogen and oxygen atoms in total. The van der Waals surface area contributed by atoms with Crippen LogP contribution >= 0.6 is 34.8 Å². The lowest BCUT2D eigenvalue weighted by Crippen LogP contribution is -2.29. The van der Waals surface area contributed by atoms with Gasteiger partial charge in [0.1, 0.15) is 5.76 Å². The van der Waals surface area contributed by atoms with Gasteiger partial charge in [-0.1, -0.05) is 59.1 Å². The van der Waals surface area contributed by atoms with E-state index in [9.17, 15) is 14.7 Å². The van der Waals surface area contributed by atoms with E-state index in [0.717, 1.165) is 5.56 Å². The summed E-state index contributed by atoms with van der Waals surface area (Å²) in [4.78, 5) is 27.4. The van der Waals surface area contributed by atoms with Gasteiger partial charge in [-0.2, -0.15) is 0 Å². The number of halogens is 3. The Labute approximate surface area is 194 Å². The summed E-state index contributed by atoms with van der Waals surface area (Å²) in [5.41, 5.74) is 1.88. The Kier molecular flexibility index (Phi) is 6.05. The maximum Gasteiger partial charge on any atom is 0.295 e. The molecule has 1 saturated heterocycles. The fourth-order valence-electron chi connectivity index (χ4n) is 3.58. The van der Waals surface area contributed by atoms with Crippen molar-refractivity contribution in [1.29, 1.82) is 0 Å². The standard InChI is InChI=1S/C24H16Cl3NO3/c25-17-7-1-14(2-8-17)13-28-21(15-3-9-18(26)10-4-15)20(23(30)24(28)31)22(29)16-5-11-19(27)12-6-16/h1-12,21,29H,13H2/t21-/m0/s1. The lowest BCUT2D eigenvalue weighted by molar-refractivity contribution is -0.140. The SMILES string of the molecule is O=C1C(=O)N(Cc2ccc(Cl)cc2)[C@@H](c2ccc(Cl)cc2)C1=C(O)c1ccc(Cl)cc1. The van der Waals surface area contributed by atoms with E-state index in [0.29, 0.717) is 26.2 Å². The van der Waals surface area contributed by atoms with Crippen LogP contribution < -0.4 is 0 Å². The molecule has 1 fully saturated rings. The molecule has 0 aliphatic carbocycles. The summed E-state index contributed by atoms with van der Waals surface area (Å²) in [6.45, 7) is 0.173. The van der Waals surface area contributed by atoms with E-state index >= 15 is 0 Å². The van der Waals surface area contributed by atoms with Crippen molar-refractivity contribution >= 4 is 52.3 Å². The van der Waals surface area contributed by atoms with E-state index in [-0.39, 0.29) is 17.9 Å². The van der Waals surface area contributed by atoms with Crippen LogP contribution in [0, 0.1) is 0 Å². The van der Waals surface area contributed by atoms with Gasteiger partial charge in [0, 0.05) is 27.2 Å². The number of hydrogen-bond donors (Lipinski definition) is 1. The van der Waals surface area contributed by atoms with Crippen LogP contribution in [0.2, 0.25) is 15.1 Å². The van der Waals surface area contributed by atoms with Crippen molar-refractivity contribution in [2.45, 2.75) is 12.6 Å². The molecule has 1 aliphatic rings. The summed E-state index contributed by atoms with van der Waals surface area (Å²) in [6.07, 6.45) is 0. The van der Waals surface area contributed by atoms with Crippen molar-refractivity contribution in [1.82, 2.24) is 4.90 Å². The number of nitrogens with zero attached hydrogens (tertiary/aromatic N) is 1. The molecule has 1 N–H and O–H groups in total. The number of carbonyl (C=O) groups excluding carboxylic acids is 2. The zero-order valence-corrected chi connectivity index (χ0v) is 18.3. The molecular weight excluding hydrogens is 457 g/mol. The maximum absolute atomic E-state index is 13.0. The van der Waals surface area contributed by atoms with E-state index in [1.54, 1.807) is 72.8 Å². The minimum atomic E-state index is -0.774. The number of likely N-dealkylation sites (tertiary alicyclic amines) is 1. The molecule has 1 heterocycles. The minimum Gasteiger partial charge on any atom is -0.507 e. The summed E-state index contributed by atoms with van der Waals surface area (Å²) in [5, 5.41) is 12.6. The number of carbonyl (C=O) groups is 2. The van der Waals surface area contributed by atoms with Crippen molar-refractivity contribution in [3.63, 3.8) is 0 Å². The molecule has 1 atom stereocenters. The quantitative estimate of drug-likeness (QED) is 0.277. The van der Waals surface area contributed by atoms with Crippen molar-refractivity contribution in [2.75, 3.05) is 0 Å². The second kappa shape index (κ2) is 8.75. The Bertz CT molecular complexity index is 1170. The van der Waals surface area contributed by atoms with Gasteiger partial charge >= 0.3 is 0 Å². The molecule has 156 valence electrons. The molecule has 0 bridgehead atoms. The lowest BCUT2D eigenvalue weighted by Gasteiger charge is -2.25. The van der Waals surface area contributed by atoms with Crippen molar-refractivity contribution < 1.29 is 14.7 Å². The first-order valence-electron chi connectivity index (χ1n) is 9.39. The first-order valence-corrected chi connectivity index (χ1v) is 10.5. The molecule has 0 aromatic heterocycles. The topological polar surface area (TPSA) is 57.6 Å². The lowest BCUT2D eigenvalue weighted by atomic mass is 9.95. The van der Waals surface area contributed by atoms with E-state index in [4.69, 9.17) is 34.8 Å². The van der Waals surface area contributed by atoms with E-state index < -0.39 is 17.7 Å². The Morgan fingerprint density at radius 2 is 1.26 bits per heavy atom. The largest absolute Gasteiger partial charge is 0.507 e. The second-order valence-corrected chi connectivity index (χ2v) is 8.42. The van der Waals surface area contributed by atoms with Crippen LogP contribution in [0.5, 0.6) is 0 Å². The van der Waals surface area contributed by atoms with Gasteiger partial charge in [-0.15, -0.1) is 0 Å².